The van der Waals surface area contributed by atoms with Gasteiger partial charge in [0.05, 0.1) is 6.10 Å². The number of carbonyl (C=O) groups is 1. The summed E-state index contributed by atoms with van der Waals surface area (Å²) in [5, 5.41) is 12.6. The maximum atomic E-state index is 12.0. The van der Waals surface area contributed by atoms with Gasteiger partial charge in [-0.3, -0.25) is 4.79 Å². The number of carbonyl (C=O) groups excluding carboxylic acids is 1. The van der Waals surface area contributed by atoms with Crippen molar-refractivity contribution in [1.29, 1.82) is 0 Å². The molecule has 1 aromatic rings. The Kier molecular flexibility index (Phi) is 4.81. The molecule has 0 saturated heterocycles. The van der Waals surface area contributed by atoms with Gasteiger partial charge in [0.2, 0.25) is 0 Å². The number of aliphatic hydroxyl groups is 1. The topological polar surface area (TPSA) is 49.3 Å². The first-order chi connectivity index (χ1) is 8.56. The predicted molar refractivity (Wildman–Crippen MR) is 77.5 cm³/mol. The van der Waals surface area contributed by atoms with Crippen LogP contribution in [0.2, 0.25) is 0 Å². The number of amides is 1. The van der Waals surface area contributed by atoms with E-state index in [9.17, 15) is 9.90 Å². The summed E-state index contributed by atoms with van der Waals surface area (Å²) in [6, 6.07) is 5.45. The Labute approximate surface area is 123 Å². The van der Waals surface area contributed by atoms with Gasteiger partial charge in [0.25, 0.3) is 5.91 Å². The molecule has 1 amide bonds. The lowest BCUT2D eigenvalue weighted by Crippen LogP contribution is -2.32. The van der Waals surface area contributed by atoms with E-state index in [4.69, 9.17) is 0 Å². The second kappa shape index (κ2) is 6.17. The van der Waals surface area contributed by atoms with Crippen molar-refractivity contribution in [3.63, 3.8) is 0 Å². The van der Waals surface area contributed by atoms with E-state index >= 15 is 0 Å². The molecule has 0 aliphatic heterocycles. The Hall–Kier alpha value is -0.390. The molecule has 0 radical (unpaired) electrons. The maximum Gasteiger partial charge on any atom is 0.251 e. The molecule has 1 fully saturated rings. The Bertz CT molecular complexity index is 430. The van der Waals surface area contributed by atoms with Crippen LogP contribution < -0.4 is 5.32 Å². The molecule has 0 spiro atoms. The summed E-state index contributed by atoms with van der Waals surface area (Å²) < 4.78 is 1.73. The van der Waals surface area contributed by atoms with Crippen LogP contribution in [0.15, 0.2) is 27.1 Å². The minimum atomic E-state index is -0.264. The maximum absolute atomic E-state index is 12.0. The van der Waals surface area contributed by atoms with E-state index in [1.807, 2.05) is 6.07 Å². The number of halogens is 2. The van der Waals surface area contributed by atoms with Crippen molar-refractivity contribution in [3.8, 4) is 0 Å². The lowest BCUT2D eigenvalue weighted by molar-refractivity contribution is 0.0916. The molecule has 2 rings (SSSR count). The van der Waals surface area contributed by atoms with Crippen LogP contribution in [0.5, 0.6) is 0 Å². The molecule has 1 aliphatic rings. The zero-order chi connectivity index (χ0) is 13.1. The highest BCUT2D eigenvalue weighted by molar-refractivity contribution is 9.11. The third kappa shape index (κ3) is 3.56. The van der Waals surface area contributed by atoms with E-state index in [0.717, 1.165) is 28.2 Å². The average Bonchev–Trinajstić information content (AvgIpc) is 2.70. The summed E-state index contributed by atoms with van der Waals surface area (Å²) in [6.07, 6.45) is 2.62. The second-order valence-electron chi connectivity index (χ2n) is 4.63. The second-order valence-corrected chi connectivity index (χ2v) is 6.46. The van der Waals surface area contributed by atoms with Gasteiger partial charge in [0.1, 0.15) is 0 Å². The molecule has 2 N–H and O–H groups in total. The lowest BCUT2D eigenvalue weighted by Gasteiger charge is -2.15. The molecule has 1 aromatic carbocycles. The highest BCUT2D eigenvalue weighted by Crippen LogP contribution is 2.25. The fraction of sp³-hybridized carbons (Fsp3) is 0.462. The molecule has 5 heteroatoms. The standard InChI is InChI=1S/C13H15Br2NO2/c14-10-4-9(5-11(15)6-10)13(18)16-7-8-2-1-3-12(8)17/h4-6,8,12,17H,1-3,7H2,(H,16,18). The van der Waals surface area contributed by atoms with Crippen molar-refractivity contribution in [2.45, 2.75) is 25.4 Å². The largest absolute Gasteiger partial charge is 0.393 e. The first-order valence-electron chi connectivity index (χ1n) is 5.98. The quantitative estimate of drug-likeness (QED) is 0.851. The summed E-state index contributed by atoms with van der Waals surface area (Å²) in [5.41, 5.74) is 0.615. The molecule has 0 aromatic heterocycles. The molecule has 3 nitrogen and oxygen atoms in total. The van der Waals surface area contributed by atoms with Gasteiger partial charge in [-0.2, -0.15) is 0 Å². The normalized spacial score (nSPS) is 23.1. The van der Waals surface area contributed by atoms with Crippen molar-refractivity contribution < 1.29 is 9.90 Å². The van der Waals surface area contributed by atoms with Crippen molar-refractivity contribution in [2.75, 3.05) is 6.54 Å². The predicted octanol–water partition coefficient (Wildman–Crippen LogP) is 3.10. The van der Waals surface area contributed by atoms with Crippen molar-refractivity contribution in [2.24, 2.45) is 5.92 Å². The van der Waals surface area contributed by atoms with Gasteiger partial charge in [-0.1, -0.05) is 38.3 Å². The number of rotatable bonds is 3. The lowest BCUT2D eigenvalue weighted by atomic mass is 10.1. The molecular weight excluding hydrogens is 362 g/mol. The Morgan fingerprint density at radius 2 is 1.94 bits per heavy atom. The summed E-state index contributed by atoms with van der Waals surface area (Å²) >= 11 is 6.72. The van der Waals surface area contributed by atoms with Crippen LogP contribution in [-0.4, -0.2) is 23.7 Å². The van der Waals surface area contributed by atoms with Gasteiger partial charge in [-0.15, -0.1) is 0 Å². The van der Waals surface area contributed by atoms with E-state index in [1.165, 1.54) is 0 Å². The minimum Gasteiger partial charge on any atom is -0.393 e. The highest BCUT2D eigenvalue weighted by Gasteiger charge is 2.25. The van der Waals surface area contributed by atoms with Crippen LogP contribution in [0.1, 0.15) is 29.6 Å². The van der Waals surface area contributed by atoms with E-state index < -0.39 is 0 Å². The fourth-order valence-corrected chi connectivity index (χ4v) is 3.56. The fourth-order valence-electron chi connectivity index (χ4n) is 2.27. The summed E-state index contributed by atoms with van der Waals surface area (Å²) in [7, 11) is 0. The van der Waals surface area contributed by atoms with Gasteiger partial charge >= 0.3 is 0 Å². The van der Waals surface area contributed by atoms with Gasteiger partial charge in [0, 0.05) is 27.0 Å². The van der Waals surface area contributed by atoms with Crippen LogP contribution >= 0.6 is 31.9 Å². The average molecular weight is 377 g/mol. The number of hydrogen-bond donors (Lipinski definition) is 2. The van der Waals surface area contributed by atoms with Crippen molar-refractivity contribution in [1.82, 2.24) is 5.32 Å². The monoisotopic (exact) mass is 375 g/mol. The van der Waals surface area contributed by atoms with E-state index in [2.05, 4.69) is 37.2 Å². The Morgan fingerprint density at radius 1 is 1.28 bits per heavy atom. The van der Waals surface area contributed by atoms with Crippen molar-refractivity contribution >= 4 is 37.8 Å². The first-order valence-corrected chi connectivity index (χ1v) is 7.57. The molecule has 98 valence electrons. The zero-order valence-corrected chi connectivity index (χ0v) is 13.0. The van der Waals surface area contributed by atoms with Crippen LogP contribution in [0.4, 0.5) is 0 Å². The zero-order valence-electron chi connectivity index (χ0n) is 9.83. The molecule has 0 heterocycles. The minimum absolute atomic E-state index is 0.101. The molecule has 1 saturated carbocycles. The summed E-state index contributed by atoms with van der Waals surface area (Å²) in [5.74, 6) is 0.0978. The highest BCUT2D eigenvalue weighted by atomic mass is 79.9. The first kappa shape index (κ1) is 14.0. The third-order valence-electron chi connectivity index (χ3n) is 3.27. The van der Waals surface area contributed by atoms with E-state index in [-0.39, 0.29) is 17.9 Å². The third-order valence-corrected chi connectivity index (χ3v) is 4.18. The van der Waals surface area contributed by atoms with Gasteiger partial charge < -0.3 is 10.4 Å². The smallest absolute Gasteiger partial charge is 0.251 e. The molecular formula is C13H15Br2NO2. The molecule has 2 atom stereocenters. The van der Waals surface area contributed by atoms with Crippen LogP contribution in [0, 0.1) is 5.92 Å². The van der Waals surface area contributed by atoms with Crippen molar-refractivity contribution in [3.05, 3.63) is 32.7 Å². The van der Waals surface area contributed by atoms with Gasteiger partial charge in [-0.05, 0) is 31.0 Å². The van der Waals surface area contributed by atoms with Gasteiger partial charge in [-0.25, -0.2) is 0 Å². The molecule has 1 aliphatic carbocycles. The molecule has 2 unspecified atom stereocenters. The summed E-state index contributed by atoms with van der Waals surface area (Å²) in [4.78, 5) is 12.0. The summed E-state index contributed by atoms with van der Waals surface area (Å²) in [6.45, 7) is 0.546. The molecule has 0 bridgehead atoms. The van der Waals surface area contributed by atoms with E-state index in [0.29, 0.717) is 12.1 Å². The molecule has 18 heavy (non-hydrogen) atoms. The Morgan fingerprint density at radius 3 is 2.50 bits per heavy atom. The Balaban J connectivity index is 1.95. The van der Waals surface area contributed by atoms with Crippen LogP contribution in [-0.2, 0) is 0 Å². The number of benzene rings is 1. The van der Waals surface area contributed by atoms with Crippen LogP contribution in [0.25, 0.3) is 0 Å². The number of nitrogens with one attached hydrogen (secondary N) is 1. The van der Waals surface area contributed by atoms with Gasteiger partial charge in [0.15, 0.2) is 0 Å². The van der Waals surface area contributed by atoms with Crippen LogP contribution in [0.3, 0.4) is 0 Å². The number of hydrogen-bond acceptors (Lipinski definition) is 2. The van der Waals surface area contributed by atoms with E-state index in [1.54, 1.807) is 12.1 Å². The number of aliphatic hydroxyl groups excluding tert-OH is 1. The SMILES string of the molecule is O=C(NCC1CCCC1O)c1cc(Br)cc(Br)c1.